The van der Waals surface area contributed by atoms with Gasteiger partial charge in [-0.25, -0.2) is 13.2 Å². The van der Waals surface area contributed by atoms with Crippen LogP contribution in [0, 0.1) is 0 Å². The van der Waals surface area contributed by atoms with Crippen LogP contribution in [0.3, 0.4) is 0 Å². The number of benzene rings is 1. The molecule has 0 radical (unpaired) electrons. The Hall–Kier alpha value is -1.93. The zero-order chi connectivity index (χ0) is 15.2. The largest absolute Gasteiger partial charge is 0.468 e. The maximum absolute atomic E-state index is 11.8. The number of carbonyl (C=O) groups is 2. The molecule has 0 unspecified atom stereocenters. The molecule has 1 N–H and O–H groups in total. The van der Waals surface area contributed by atoms with Crippen LogP contribution >= 0.6 is 0 Å². The van der Waals surface area contributed by atoms with Crippen molar-refractivity contribution >= 4 is 22.0 Å². The molecule has 0 aliphatic heterocycles. The Labute approximate surface area is 116 Å². The molecule has 110 valence electrons. The van der Waals surface area contributed by atoms with Crippen molar-refractivity contribution in [3.05, 3.63) is 29.8 Å². The van der Waals surface area contributed by atoms with Gasteiger partial charge in [0.25, 0.3) is 0 Å². The van der Waals surface area contributed by atoms with Gasteiger partial charge in [-0.2, -0.15) is 4.72 Å². The number of sulfonamides is 1. The molecular weight excluding hydrogens is 286 g/mol. The van der Waals surface area contributed by atoms with Gasteiger partial charge < -0.3 is 9.47 Å². The lowest BCUT2D eigenvalue weighted by Gasteiger charge is -2.06. The molecule has 0 aromatic heterocycles. The molecule has 0 amide bonds. The van der Waals surface area contributed by atoms with Gasteiger partial charge in [-0.15, -0.1) is 0 Å². The van der Waals surface area contributed by atoms with E-state index in [0.717, 1.165) is 7.11 Å². The van der Waals surface area contributed by atoms with Crippen LogP contribution in [0.2, 0.25) is 0 Å². The highest BCUT2D eigenvalue weighted by molar-refractivity contribution is 7.89. The third-order valence-electron chi connectivity index (χ3n) is 2.31. The molecule has 0 aliphatic rings. The van der Waals surface area contributed by atoms with Crippen LogP contribution in [0.1, 0.15) is 17.3 Å². The minimum atomic E-state index is -3.82. The summed E-state index contributed by atoms with van der Waals surface area (Å²) in [5.41, 5.74) is 0.249. The van der Waals surface area contributed by atoms with Crippen LogP contribution in [0.25, 0.3) is 0 Å². The van der Waals surface area contributed by atoms with Crippen molar-refractivity contribution in [2.24, 2.45) is 0 Å². The number of rotatable bonds is 6. The number of nitrogens with one attached hydrogen (secondary N) is 1. The van der Waals surface area contributed by atoms with E-state index >= 15 is 0 Å². The highest BCUT2D eigenvalue weighted by Crippen LogP contribution is 2.11. The summed E-state index contributed by atoms with van der Waals surface area (Å²) in [5.74, 6) is -1.23. The number of methoxy groups -OCH3 is 1. The van der Waals surface area contributed by atoms with E-state index in [4.69, 9.17) is 4.74 Å². The monoisotopic (exact) mass is 301 g/mol. The highest BCUT2D eigenvalue weighted by Gasteiger charge is 2.16. The van der Waals surface area contributed by atoms with Crippen LogP contribution in [0.4, 0.5) is 0 Å². The molecule has 0 aliphatic carbocycles. The van der Waals surface area contributed by atoms with E-state index in [-0.39, 0.29) is 17.1 Å². The summed E-state index contributed by atoms with van der Waals surface area (Å²) in [4.78, 5) is 22.2. The summed E-state index contributed by atoms with van der Waals surface area (Å²) in [5, 5.41) is 0. The zero-order valence-corrected chi connectivity index (χ0v) is 11.9. The minimum Gasteiger partial charge on any atom is -0.468 e. The van der Waals surface area contributed by atoms with Crippen molar-refractivity contribution in [1.29, 1.82) is 0 Å². The van der Waals surface area contributed by atoms with Gasteiger partial charge >= 0.3 is 11.9 Å². The van der Waals surface area contributed by atoms with Gasteiger partial charge in [0.1, 0.15) is 6.54 Å². The summed E-state index contributed by atoms with van der Waals surface area (Å²) >= 11 is 0. The van der Waals surface area contributed by atoms with Crippen LogP contribution < -0.4 is 4.72 Å². The lowest BCUT2D eigenvalue weighted by atomic mass is 10.2. The van der Waals surface area contributed by atoms with Crippen molar-refractivity contribution in [2.45, 2.75) is 11.8 Å². The number of hydrogen-bond acceptors (Lipinski definition) is 6. The van der Waals surface area contributed by atoms with E-state index in [2.05, 4.69) is 9.46 Å². The second kappa shape index (κ2) is 7.01. The summed E-state index contributed by atoms with van der Waals surface area (Å²) in [6, 6.07) is 5.19. The normalized spacial score (nSPS) is 10.9. The lowest BCUT2D eigenvalue weighted by molar-refractivity contribution is -0.139. The first-order valence-electron chi connectivity index (χ1n) is 5.74. The second-order valence-corrected chi connectivity index (χ2v) is 5.41. The van der Waals surface area contributed by atoms with E-state index in [9.17, 15) is 18.0 Å². The number of carbonyl (C=O) groups excluding carboxylic acids is 2. The lowest BCUT2D eigenvalue weighted by Crippen LogP contribution is -2.30. The molecule has 0 fully saturated rings. The predicted molar refractivity (Wildman–Crippen MR) is 69.6 cm³/mol. The summed E-state index contributed by atoms with van der Waals surface area (Å²) in [7, 11) is -2.67. The third kappa shape index (κ3) is 4.32. The maximum atomic E-state index is 11.8. The van der Waals surface area contributed by atoms with Gasteiger partial charge in [0, 0.05) is 0 Å². The smallest absolute Gasteiger partial charge is 0.338 e. The van der Waals surface area contributed by atoms with Gasteiger partial charge in [-0.1, -0.05) is 0 Å². The Bertz CT molecular complexity index is 578. The van der Waals surface area contributed by atoms with E-state index in [0.29, 0.717) is 0 Å². The topological polar surface area (TPSA) is 98.8 Å². The van der Waals surface area contributed by atoms with Crippen LogP contribution in [-0.2, 0) is 24.3 Å². The molecule has 8 heteroatoms. The summed E-state index contributed by atoms with van der Waals surface area (Å²) in [6.45, 7) is 1.45. The second-order valence-electron chi connectivity index (χ2n) is 3.65. The molecule has 1 aromatic carbocycles. The molecule has 7 nitrogen and oxygen atoms in total. The van der Waals surface area contributed by atoms with Crippen LogP contribution in [0.15, 0.2) is 29.2 Å². The van der Waals surface area contributed by atoms with Crippen LogP contribution in [0.5, 0.6) is 0 Å². The minimum absolute atomic E-state index is 0.0607. The summed E-state index contributed by atoms with van der Waals surface area (Å²) < 4.78 is 34.8. The van der Waals surface area contributed by atoms with E-state index in [1.165, 1.54) is 24.3 Å². The van der Waals surface area contributed by atoms with Crippen molar-refractivity contribution in [1.82, 2.24) is 4.72 Å². The Morgan fingerprint density at radius 3 is 2.30 bits per heavy atom. The predicted octanol–water partition coefficient (Wildman–Crippen LogP) is 0.315. The molecule has 0 bridgehead atoms. The quantitative estimate of drug-likeness (QED) is 0.759. The molecular formula is C12H15NO6S. The Morgan fingerprint density at radius 2 is 1.80 bits per heavy atom. The van der Waals surface area contributed by atoms with Gasteiger partial charge in [0.15, 0.2) is 0 Å². The van der Waals surface area contributed by atoms with Gasteiger partial charge in [0.2, 0.25) is 10.0 Å². The Morgan fingerprint density at radius 1 is 1.20 bits per heavy atom. The van der Waals surface area contributed by atoms with Gasteiger partial charge in [-0.3, -0.25) is 4.79 Å². The third-order valence-corrected chi connectivity index (χ3v) is 3.73. The van der Waals surface area contributed by atoms with Crippen molar-refractivity contribution in [2.75, 3.05) is 20.3 Å². The average Bonchev–Trinajstić information content (AvgIpc) is 2.45. The molecule has 1 aromatic rings. The standard InChI is InChI=1S/C12H15NO6S/c1-3-19-12(15)9-4-6-10(7-5-9)20(16,17)13-8-11(14)18-2/h4-7,13H,3,8H2,1-2H3. The van der Waals surface area contributed by atoms with E-state index < -0.39 is 28.5 Å². The molecule has 0 heterocycles. The van der Waals surface area contributed by atoms with E-state index in [1.807, 2.05) is 0 Å². The first-order chi connectivity index (χ1) is 9.40. The van der Waals surface area contributed by atoms with Crippen molar-refractivity contribution in [3.8, 4) is 0 Å². The van der Waals surface area contributed by atoms with Gasteiger partial charge in [0.05, 0.1) is 24.2 Å². The number of ether oxygens (including phenoxy) is 2. The summed E-state index contributed by atoms with van der Waals surface area (Å²) in [6.07, 6.45) is 0. The Balaban J connectivity index is 2.81. The van der Waals surface area contributed by atoms with Crippen LogP contribution in [-0.4, -0.2) is 40.6 Å². The SMILES string of the molecule is CCOC(=O)c1ccc(S(=O)(=O)NCC(=O)OC)cc1. The first kappa shape index (κ1) is 16.1. The fraction of sp³-hybridized carbons (Fsp3) is 0.333. The zero-order valence-electron chi connectivity index (χ0n) is 11.1. The number of esters is 2. The number of hydrogen-bond donors (Lipinski definition) is 1. The van der Waals surface area contributed by atoms with Crippen molar-refractivity contribution in [3.63, 3.8) is 0 Å². The van der Waals surface area contributed by atoms with Gasteiger partial charge in [-0.05, 0) is 31.2 Å². The molecule has 0 spiro atoms. The Kier molecular flexibility index (Phi) is 5.66. The van der Waals surface area contributed by atoms with E-state index in [1.54, 1.807) is 6.92 Å². The average molecular weight is 301 g/mol. The molecule has 0 saturated carbocycles. The molecule has 20 heavy (non-hydrogen) atoms. The maximum Gasteiger partial charge on any atom is 0.338 e. The fourth-order valence-corrected chi connectivity index (χ4v) is 2.26. The highest BCUT2D eigenvalue weighted by atomic mass is 32.2. The molecule has 0 atom stereocenters. The van der Waals surface area contributed by atoms with Crippen molar-refractivity contribution < 1.29 is 27.5 Å². The molecule has 1 rings (SSSR count). The first-order valence-corrected chi connectivity index (χ1v) is 7.22. The fourth-order valence-electron chi connectivity index (χ4n) is 1.29. The molecule has 0 saturated heterocycles.